The molecule has 3 aromatic carbocycles. The molecule has 5 rings (SSSR count). The van der Waals surface area contributed by atoms with Crippen LogP contribution in [0.2, 0.25) is 0 Å². The minimum atomic E-state index is -4.42. The zero-order chi connectivity index (χ0) is 41.1. The predicted octanol–water partition coefficient (Wildman–Crippen LogP) is 9.57. The monoisotopic (exact) mass is 824 g/mol. The zero-order valence-corrected chi connectivity index (χ0v) is 34.5. The number of ether oxygens (including phenoxy) is 1. The zero-order valence-electron chi connectivity index (χ0n) is 32.7. The molecule has 3 N–H and O–H groups in total. The minimum Gasteiger partial charge on any atom is -0.484 e. The molecule has 2 unspecified atom stereocenters. The number of nitrogens with zero attached hydrogens (tertiary/aromatic N) is 2. The molecule has 1 aromatic heterocycles. The van der Waals surface area contributed by atoms with Crippen LogP contribution in [0, 0.1) is 0 Å². The van der Waals surface area contributed by atoms with Crippen LogP contribution in [0.1, 0.15) is 79.9 Å². The van der Waals surface area contributed by atoms with E-state index in [1.807, 2.05) is 63.2 Å². The van der Waals surface area contributed by atoms with Crippen LogP contribution in [-0.2, 0) is 46.2 Å². The first-order valence-corrected chi connectivity index (χ1v) is 21.7. The van der Waals surface area contributed by atoms with Gasteiger partial charge in [0, 0.05) is 34.7 Å². The Kier molecular flexibility index (Phi) is 16.3. The maximum Gasteiger partial charge on any atom is 0.416 e. The highest BCUT2D eigenvalue weighted by Crippen LogP contribution is 2.54. The van der Waals surface area contributed by atoms with Crippen LogP contribution in [0.3, 0.4) is 0 Å². The minimum absolute atomic E-state index is 0.0302. The highest BCUT2D eigenvalue weighted by atomic mass is 31.2. The number of alkyl halides is 3. The number of fused-ring (bicyclic) bond motifs is 3. The van der Waals surface area contributed by atoms with Crippen LogP contribution in [0.25, 0.3) is 10.9 Å². The topological polar surface area (TPSA) is 146 Å². The number of carbonyl (C=O) groups is 1. The van der Waals surface area contributed by atoms with E-state index < -0.39 is 39.2 Å². The molecular weight excluding hydrogens is 771 g/mol. The molecule has 0 radical (unpaired) electrons. The van der Waals surface area contributed by atoms with Gasteiger partial charge in [-0.25, -0.2) is 18.5 Å². The van der Waals surface area contributed by atoms with E-state index >= 15 is 0 Å². The van der Waals surface area contributed by atoms with Gasteiger partial charge in [-0.3, -0.25) is 22.9 Å². The first-order chi connectivity index (χ1) is 26.6. The van der Waals surface area contributed by atoms with E-state index in [9.17, 15) is 27.1 Å². The Bertz CT molecular complexity index is 1940. The number of aromatic amines is 1. The molecule has 0 aliphatic heterocycles. The number of aromatic nitrogens is 1. The van der Waals surface area contributed by atoms with Crippen molar-refractivity contribution in [1.82, 2.24) is 14.3 Å². The number of nitrogens with one attached hydrogen (secondary N) is 1. The second-order valence-electron chi connectivity index (χ2n) is 12.8. The largest absolute Gasteiger partial charge is 0.484 e. The predicted molar refractivity (Wildman–Crippen MR) is 211 cm³/mol. The summed E-state index contributed by atoms with van der Waals surface area (Å²) in [7, 11) is -5.05. The van der Waals surface area contributed by atoms with E-state index in [2.05, 4.69) is 4.98 Å². The first-order valence-electron chi connectivity index (χ1n) is 18.7. The molecule has 56 heavy (non-hydrogen) atoms. The molecule has 0 saturated carbocycles. The van der Waals surface area contributed by atoms with Crippen LogP contribution in [0.15, 0.2) is 72.8 Å². The molecule has 12 nitrogen and oxygen atoms in total. The Morgan fingerprint density at radius 1 is 0.875 bits per heavy atom. The lowest BCUT2D eigenvalue weighted by Gasteiger charge is -2.35. The molecule has 1 aliphatic carbocycles. The van der Waals surface area contributed by atoms with Gasteiger partial charge < -0.3 is 15.5 Å². The summed E-state index contributed by atoms with van der Waals surface area (Å²) in [5.74, 6) is -0.168. The SMILES string of the molecule is CCOP(=O)(OCC)N(C)C1CCc2[nH]c3ccc(C(N)=O)cc3c2C1.CCOP(=O)(OCC)N(CC)CC(Oc1ccc(C(F)(F)F)cc1)c1ccccc1. The number of hydrogen-bond acceptors (Lipinski definition) is 8. The van der Waals surface area contributed by atoms with Crippen molar-refractivity contribution < 1.29 is 49.9 Å². The number of halogens is 3. The van der Waals surface area contributed by atoms with Gasteiger partial charge in [-0.05, 0) is 108 Å². The number of H-pyrrole nitrogens is 1. The number of aryl methyl sites for hydroxylation is 1. The second kappa shape index (κ2) is 20.3. The third-order valence-electron chi connectivity index (χ3n) is 9.25. The third kappa shape index (κ3) is 11.3. The van der Waals surface area contributed by atoms with Crippen molar-refractivity contribution in [2.45, 2.75) is 72.2 Å². The van der Waals surface area contributed by atoms with Gasteiger partial charge >= 0.3 is 21.7 Å². The Morgan fingerprint density at radius 3 is 2.00 bits per heavy atom. The molecule has 4 aromatic rings. The molecule has 0 spiro atoms. The number of hydrogen-bond donors (Lipinski definition) is 2. The van der Waals surface area contributed by atoms with E-state index in [0.29, 0.717) is 31.7 Å². The van der Waals surface area contributed by atoms with Gasteiger partial charge in [0.2, 0.25) is 5.91 Å². The highest BCUT2D eigenvalue weighted by molar-refractivity contribution is 7.51. The summed E-state index contributed by atoms with van der Waals surface area (Å²) >= 11 is 0. The van der Waals surface area contributed by atoms with E-state index in [-0.39, 0.29) is 31.5 Å². The lowest BCUT2D eigenvalue weighted by molar-refractivity contribution is -0.137. The molecule has 0 saturated heterocycles. The van der Waals surface area contributed by atoms with Crippen molar-refractivity contribution in [2.24, 2.45) is 5.73 Å². The fraction of sp³-hybridized carbons (Fsp3) is 0.462. The lowest BCUT2D eigenvalue weighted by Crippen LogP contribution is -2.35. The quantitative estimate of drug-likeness (QED) is 0.0931. The average molecular weight is 825 g/mol. The lowest BCUT2D eigenvalue weighted by atomic mass is 9.91. The van der Waals surface area contributed by atoms with E-state index in [0.717, 1.165) is 52.7 Å². The van der Waals surface area contributed by atoms with Gasteiger partial charge in [0.15, 0.2) is 0 Å². The van der Waals surface area contributed by atoms with Gasteiger partial charge in [0.25, 0.3) is 0 Å². The van der Waals surface area contributed by atoms with Gasteiger partial charge in [0.1, 0.15) is 11.9 Å². The fourth-order valence-corrected chi connectivity index (χ4v) is 9.94. The van der Waals surface area contributed by atoms with E-state index in [4.69, 9.17) is 28.6 Å². The normalized spacial score (nSPS) is 15.4. The maximum atomic E-state index is 13.2. The Morgan fingerprint density at radius 2 is 1.46 bits per heavy atom. The summed E-state index contributed by atoms with van der Waals surface area (Å²) in [4.78, 5) is 14.9. The summed E-state index contributed by atoms with van der Waals surface area (Å²) in [6.45, 7) is 10.5. The van der Waals surface area contributed by atoms with Crippen molar-refractivity contribution in [1.29, 1.82) is 0 Å². The van der Waals surface area contributed by atoms with Gasteiger partial charge in [-0.2, -0.15) is 13.2 Å². The van der Waals surface area contributed by atoms with Crippen LogP contribution in [0.5, 0.6) is 5.75 Å². The van der Waals surface area contributed by atoms with Crippen LogP contribution < -0.4 is 10.5 Å². The second-order valence-corrected chi connectivity index (χ2v) is 16.9. The van der Waals surface area contributed by atoms with Crippen LogP contribution in [0.4, 0.5) is 13.2 Å². The van der Waals surface area contributed by atoms with Gasteiger partial charge in [-0.15, -0.1) is 0 Å². The molecule has 17 heteroatoms. The summed E-state index contributed by atoms with van der Waals surface area (Å²) in [5, 5.41) is 0.997. The van der Waals surface area contributed by atoms with Crippen molar-refractivity contribution in [3.8, 4) is 5.75 Å². The van der Waals surface area contributed by atoms with Crippen molar-refractivity contribution in [3.05, 3.63) is 101 Å². The van der Waals surface area contributed by atoms with Gasteiger partial charge in [0.05, 0.1) is 38.5 Å². The van der Waals surface area contributed by atoms with E-state index in [1.54, 1.807) is 36.3 Å². The summed E-state index contributed by atoms with van der Waals surface area (Å²) in [6.07, 6.45) is -2.63. The Balaban J connectivity index is 0.000000251. The van der Waals surface area contributed by atoms with E-state index in [1.165, 1.54) is 12.1 Å². The molecule has 1 amide bonds. The Labute approximate surface area is 326 Å². The average Bonchev–Trinajstić information content (AvgIpc) is 3.54. The molecule has 308 valence electrons. The number of primary amides is 1. The van der Waals surface area contributed by atoms with Crippen LogP contribution >= 0.6 is 15.5 Å². The molecule has 1 heterocycles. The molecule has 1 aliphatic rings. The number of amides is 1. The third-order valence-corrected chi connectivity index (χ3v) is 13.8. The summed E-state index contributed by atoms with van der Waals surface area (Å²) in [6, 6.07) is 19.2. The fourth-order valence-electron chi connectivity index (χ4n) is 6.50. The molecule has 0 bridgehead atoms. The number of likely N-dealkylation sites (N-methyl/N-ethyl adjacent to an activating group) is 2. The smallest absolute Gasteiger partial charge is 0.416 e. The molecule has 2 atom stereocenters. The number of rotatable bonds is 18. The maximum absolute atomic E-state index is 13.2. The van der Waals surface area contributed by atoms with Crippen molar-refractivity contribution in [2.75, 3.05) is 46.6 Å². The number of nitrogens with two attached hydrogens (primary N) is 1. The summed E-state index contributed by atoms with van der Waals surface area (Å²) in [5.41, 5.74) is 9.24. The standard InChI is InChI=1S/C21H27F3NO4P.C18H26N3O4P/c1-4-25(30(26,27-5-2)28-6-3)16-20(17-10-8-7-9-11-17)29-19-14-12-18(13-15-19)21(22,23)24;1-4-24-26(23,25-5-2)21(3)13-7-9-17-15(11-13)14-10-12(18(19)22)6-8-16(14)20-17/h7-15,20H,4-6,16H2,1-3H3;6,8,10,13,20H,4-5,7,9,11H2,1-3H3,(H2,19,22). The summed E-state index contributed by atoms with van der Waals surface area (Å²) < 4.78 is 96.0. The Hall–Kier alpha value is -3.52. The van der Waals surface area contributed by atoms with Gasteiger partial charge in [-0.1, -0.05) is 37.3 Å². The van der Waals surface area contributed by atoms with Crippen LogP contribution in [-0.4, -0.2) is 72.8 Å². The first kappa shape index (κ1) is 45.2. The highest BCUT2D eigenvalue weighted by Gasteiger charge is 2.38. The number of carbonyl (C=O) groups excluding carboxylic acids is 1. The molecule has 0 fully saturated rings. The number of benzene rings is 3. The van der Waals surface area contributed by atoms with Crippen molar-refractivity contribution in [3.63, 3.8) is 0 Å². The molecular formula is C39H53F3N4O8P2. The van der Waals surface area contributed by atoms with Crippen molar-refractivity contribution >= 4 is 32.3 Å².